The highest BCUT2D eigenvalue weighted by atomic mass is 35.5. The van der Waals surface area contributed by atoms with Gasteiger partial charge in [-0.05, 0) is 55.3 Å². The molecule has 3 aromatic rings. The van der Waals surface area contributed by atoms with Crippen molar-refractivity contribution in [2.24, 2.45) is 0 Å². The number of aryl methyl sites for hydroxylation is 1. The van der Waals surface area contributed by atoms with Gasteiger partial charge in [0.15, 0.2) is 0 Å². The van der Waals surface area contributed by atoms with Crippen molar-refractivity contribution in [1.82, 2.24) is 0 Å². The monoisotopic (exact) mass is 480 g/mol. The molecule has 170 valence electrons. The number of hydrogen-bond donors (Lipinski definition) is 2. The zero-order valence-corrected chi connectivity index (χ0v) is 20.2. The molecule has 7 heteroatoms. The van der Waals surface area contributed by atoms with E-state index in [4.69, 9.17) is 16.3 Å². The molecular formula is C26H25ClN2O3S. The van der Waals surface area contributed by atoms with Gasteiger partial charge in [0.2, 0.25) is 11.8 Å². The molecule has 0 aliphatic carbocycles. The number of ether oxygens (including phenoxy) is 1. The molecule has 3 aromatic carbocycles. The number of benzene rings is 3. The smallest absolute Gasteiger partial charge is 0.248 e. The Morgan fingerprint density at radius 2 is 1.79 bits per heavy atom. The van der Waals surface area contributed by atoms with Crippen LogP contribution in [0.4, 0.5) is 11.4 Å². The molecule has 0 aliphatic heterocycles. The summed E-state index contributed by atoms with van der Waals surface area (Å²) in [4.78, 5) is 25.9. The van der Waals surface area contributed by atoms with Crippen molar-refractivity contribution < 1.29 is 14.3 Å². The van der Waals surface area contributed by atoms with Gasteiger partial charge in [0.05, 0.1) is 18.0 Å². The highest BCUT2D eigenvalue weighted by molar-refractivity contribution is 8.00. The van der Waals surface area contributed by atoms with Gasteiger partial charge in [-0.15, -0.1) is 11.8 Å². The topological polar surface area (TPSA) is 67.4 Å². The van der Waals surface area contributed by atoms with Gasteiger partial charge in [-0.2, -0.15) is 0 Å². The molecule has 0 saturated heterocycles. The minimum Gasteiger partial charge on any atom is -0.495 e. The van der Waals surface area contributed by atoms with Crippen LogP contribution in [0.5, 0.6) is 5.75 Å². The number of carbonyl (C=O) groups is 2. The Morgan fingerprint density at radius 3 is 2.52 bits per heavy atom. The summed E-state index contributed by atoms with van der Waals surface area (Å²) in [7, 11) is 1.53. The normalized spacial score (nSPS) is 11.8. The molecular weight excluding hydrogens is 456 g/mol. The fourth-order valence-electron chi connectivity index (χ4n) is 2.99. The second kappa shape index (κ2) is 11.6. The first kappa shape index (κ1) is 24.4. The molecule has 0 aromatic heterocycles. The first-order chi connectivity index (χ1) is 15.9. The molecule has 0 aliphatic rings. The number of halogens is 1. The lowest BCUT2D eigenvalue weighted by Gasteiger charge is -2.16. The second-order valence-electron chi connectivity index (χ2n) is 7.31. The van der Waals surface area contributed by atoms with Crippen molar-refractivity contribution >= 4 is 52.6 Å². The van der Waals surface area contributed by atoms with E-state index in [-0.39, 0.29) is 17.1 Å². The first-order valence-electron chi connectivity index (χ1n) is 10.3. The van der Waals surface area contributed by atoms with E-state index in [1.54, 1.807) is 18.2 Å². The van der Waals surface area contributed by atoms with E-state index in [0.29, 0.717) is 22.1 Å². The van der Waals surface area contributed by atoms with Crippen LogP contribution in [0.2, 0.25) is 5.02 Å². The van der Waals surface area contributed by atoms with Gasteiger partial charge in [-0.25, -0.2) is 0 Å². The number of rotatable bonds is 8. The van der Waals surface area contributed by atoms with Crippen LogP contribution < -0.4 is 15.4 Å². The Balaban J connectivity index is 1.61. The molecule has 0 saturated carbocycles. The number of methoxy groups -OCH3 is 1. The van der Waals surface area contributed by atoms with Gasteiger partial charge in [-0.3, -0.25) is 9.59 Å². The number of nitrogens with one attached hydrogen (secondary N) is 2. The highest BCUT2D eigenvalue weighted by Crippen LogP contribution is 2.32. The van der Waals surface area contributed by atoms with Crippen LogP contribution in [-0.4, -0.2) is 24.2 Å². The number of hydrogen-bond acceptors (Lipinski definition) is 4. The molecule has 33 heavy (non-hydrogen) atoms. The van der Waals surface area contributed by atoms with Crippen LogP contribution in [0.3, 0.4) is 0 Å². The summed E-state index contributed by atoms with van der Waals surface area (Å²) in [6.07, 6.45) is 3.25. The number of amides is 2. The average molecular weight is 481 g/mol. The van der Waals surface area contributed by atoms with Crippen molar-refractivity contribution in [2.45, 2.75) is 24.0 Å². The van der Waals surface area contributed by atoms with Crippen LogP contribution in [0.1, 0.15) is 18.1 Å². The van der Waals surface area contributed by atoms with Crippen molar-refractivity contribution in [3.8, 4) is 5.75 Å². The summed E-state index contributed by atoms with van der Waals surface area (Å²) in [5.74, 6) is 0.113. The Kier molecular flexibility index (Phi) is 8.58. The van der Waals surface area contributed by atoms with Crippen molar-refractivity contribution in [2.75, 3.05) is 17.7 Å². The van der Waals surface area contributed by atoms with Gasteiger partial charge in [0, 0.05) is 27.7 Å². The summed E-state index contributed by atoms with van der Waals surface area (Å²) in [6.45, 7) is 3.69. The minimum absolute atomic E-state index is 0.166. The fraction of sp³-hybridized carbons (Fsp3) is 0.154. The minimum atomic E-state index is -0.380. The van der Waals surface area contributed by atoms with Gasteiger partial charge in [0.25, 0.3) is 0 Å². The third kappa shape index (κ3) is 7.14. The van der Waals surface area contributed by atoms with Crippen LogP contribution in [-0.2, 0) is 9.59 Å². The molecule has 2 N–H and O–H groups in total. The molecule has 1 atom stereocenters. The molecule has 0 radical (unpaired) electrons. The molecule has 0 spiro atoms. The van der Waals surface area contributed by atoms with Crippen molar-refractivity contribution in [3.63, 3.8) is 0 Å². The van der Waals surface area contributed by atoms with Crippen LogP contribution in [0.15, 0.2) is 77.7 Å². The van der Waals surface area contributed by atoms with Gasteiger partial charge < -0.3 is 15.4 Å². The maximum atomic E-state index is 12.8. The quantitative estimate of drug-likeness (QED) is 0.288. The maximum absolute atomic E-state index is 12.8. The maximum Gasteiger partial charge on any atom is 0.248 e. The lowest BCUT2D eigenvalue weighted by Crippen LogP contribution is -2.22. The highest BCUT2D eigenvalue weighted by Gasteiger charge is 2.17. The SMILES string of the molecule is COc1cc(Cl)c(C)cc1NC(=O)C(C)Sc1cccc(NC(=O)/C=C/c2ccccc2)c1. The average Bonchev–Trinajstić information content (AvgIpc) is 2.80. The van der Waals surface area contributed by atoms with Gasteiger partial charge in [-0.1, -0.05) is 48.0 Å². The van der Waals surface area contributed by atoms with Gasteiger partial charge >= 0.3 is 0 Å². The number of anilines is 2. The van der Waals surface area contributed by atoms with E-state index >= 15 is 0 Å². The molecule has 0 bridgehead atoms. The standard InChI is InChI=1S/C26H25ClN2O3S/c1-17-14-23(24(32-3)16-22(17)27)29-26(31)18(2)33-21-11-7-10-20(15-21)28-25(30)13-12-19-8-5-4-6-9-19/h4-16,18H,1-3H3,(H,28,30)(H,29,31)/b13-12+. The van der Waals surface area contributed by atoms with Crippen LogP contribution in [0.25, 0.3) is 6.08 Å². The Hall–Kier alpha value is -3.22. The second-order valence-corrected chi connectivity index (χ2v) is 9.13. The summed E-state index contributed by atoms with van der Waals surface area (Å²) in [5, 5.41) is 5.95. The lowest BCUT2D eigenvalue weighted by atomic mass is 10.2. The molecule has 1 unspecified atom stereocenters. The molecule has 2 amide bonds. The van der Waals surface area contributed by atoms with E-state index in [1.807, 2.05) is 68.4 Å². The number of thioether (sulfide) groups is 1. The lowest BCUT2D eigenvalue weighted by molar-refractivity contribution is -0.115. The van der Waals surface area contributed by atoms with Crippen LogP contribution in [0, 0.1) is 6.92 Å². The third-order valence-electron chi connectivity index (χ3n) is 4.75. The predicted molar refractivity (Wildman–Crippen MR) is 137 cm³/mol. The predicted octanol–water partition coefficient (Wildman–Crippen LogP) is 6.43. The van der Waals surface area contributed by atoms with Gasteiger partial charge in [0.1, 0.15) is 5.75 Å². The van der Waals surface area contributed by atoms with E-state index in [0.717, 1.165) is 16.0 Å². The summed E-state index contributed by atoms with van der Waals surface area (Å²) in [5.41, 5.74) is 3.02. The number of carbonyl (C=O) groups excluding carboxylic acids is 2. The first-order valence-corrected chi connectivity index (χ1v) is 11.6. The Labute approximate surface area is 203 Å². The molecule has 5 nitrogen and oxygen atoms in total. The van der Waals surface area contributed by atoms with Crippen molar-refractivity contribution in [3.05, 3.63) is 89.0 Å². The Bertz CT molecular complexity index is 1170. The van der Waals surface area contributed by atoms with E-state index < -0.39 is 0 Å². The van der Waals surface area contributed by atoms with Crippen LogP contribution >= 0.6 is 23.4 Å². The zero-order valence-electron chi connectivity index (χ0n) is 18.6. The largest absolute Gasteiger partial charge is 0.495 e. The summed E-state index contributed by atoms with van der Waals surface area (Å²) >= 11 is 7.54. The molecule has 0 heterocycles. The van der Waals surface area contributed by atoms with Crippen molar-refractivity contribution in [1.29, 1.82) is 0 Å². The molecule has 3 rings (SSSR count). The fourth-order valence-corrected chi connectivity index (χ4v) is 4.07. The van der Waals surface area contributed by atoms with E-state index in [2.05, 4.69) is 10.6 Å². The molecule has 0 fully saturated rings. The summed E-state index contributed by atoms with van der Waals surface area (Å²) < 4.78 is 5.33. The third-order valence-corrected chi connectivity index (χ3v) is 6.25. The van der Waals surface area contributed by atoms with E-state index in [1.165, 1.54) is 24.9 Å². The Morgan fingerprint density at radius 1 is 1.03 bits per heavy atom. The summed E-state index contributed by atoms with van der Waals surface area (Å²) in [6, 6.07) is 20.5. The zero-order chi connectivity index (χ0) is 23.8. The van der Waals surface area contributed by atoms with E-state index in [9.17, 15) is 9.59 Å².